The molecule has 1 heterocycles. The number of rotatable bonds is 8. The molecule has 0 bridgehead atoms. The Balaban J connectivity index is 1.59. The molecule has 176 valence electrons. The lowest BCUT2D eigenvalue weighted by molar-refractivity contribution is -0.136. The summed E-state index contributed by atoms with van der Waals surface area (Å²) in [5.41, 5.74) is 6.47. The Morgan fingerprint density at radius 2 is 1.69 bits per heavy atom. The summed E-state index contributed by atoms with van der Waals surface area (Å²) in [6.45, 7) is 3.26. The van der Waals surface area contributed by atoms with Crippen molar-refractivity contribution in [3.8, 4) is 5.75 Å². The minimum atomic E-state index is -0.815. The second kappa shape index (κ2) is 9.88. The molecular weight excluding hydrogens is 454 g/mol. The first kappa shape index (κ1) is 23.1. The van der Waals surface area contributed by atoms with Crippen LogP contribution in [0.4, 0.5) is 0 Å². The van der Waals surface area contributed by atoms with Crippen LogP contribution in [0.1, 0.15) is 22.3 Å². The van der Waals surface area contributed by atoms with Crippen LogP contribution in [0.5, 0.6) is 5.75 Å². The van der Waals surface area contributed by atoms with E-state index in [1.807, 2.05) is 42.7 Å². The molecule has 0 aliphatic rings. The standard InChI is InChI=1S/C30H27NO3S/c1-20-15-23(17-27(32)33)30(35-2)29-28(20)25-13-6-7-14-26(25)31(29)18-22-11-8-12-24(16-22)34-19-21-9-4-3-5-10-21/h3-16H,17-19H2,1-2H3,(H,32,33). The first-order valence-electron chi connectivity index (χ1n) is 11.6. The molecule has 0 spiro atoms. The summed E-state index contributed by atoms with van der Waals surface area (Å²) >= 11 is 1.62. The first-order valence-corrected chi connectivity index (χ1v) is 12.8. The summed E-state index contributed by atoms with van der Waals surface area (Å²) in [7, 11) is 0. The van der Waals surface area contributed by atoms with E-state index in [1.165, 1.54) is 10.8 Å². The van der Waals surface area contributed by atoms with Gasteiger partial charge < -0.3 is 14.4 Å². The Hall–Kier alpha value is -3.70. The fourth-order valence-electron chi connectivity index (χ4n) is 4.83. The summed E-state index contributed by atoms with van der Waals surface area (Å²) in [5.74, 6) is 0.0185. The van der Waals surface area contributed by atoms with Crippen LogP contribution >= 0.6 is 11.8 Å². The Labute approximate surface area is 209 Å². The Morgan fingerprint density at radius 1 is 0.943 bits per heavy atom. The van der Waals surface area contributed by atoms with Crippen molar-refractivity contribution in [2.24, 2.45) is 0 Å². The number of carboxylic acid groups (broad SMARTS) is 1. The summed E-state index contributed by atoms with van der Waals surface area (Å²) in [6, 6.07) is 28.8. The third kappa shape index (κ3) is 4.64. The molecule has 0 aliphatic heterocycles. The molecule has 5 rings (SSSR count). The number of ether oxygens (including phenoxy) is 1. The minimum Gasteiger partial charge on any atom is -0.489 e. The largest absolute Gasteiger partial charge is 0.489 e. The first-order chi connectivity index (χ1) is 17.0. The number of aryl methyl sites for hydroxylation is 1. The lowest BCUT2D eigenvalue weighted by Gasteiger charge is -2.15. The predicted molar refractivity (Wildman–Crippen MR) is 144 cm³/mol. The van der Waals surface area contributed by atoms with Gasteiger partial charge in [0.25, 0.3) is 0 Å². The Kier molecular flexibility index (Phi) is 6.51. The van der Waals surface area contributed by atoms with Crippen molar-refractivity contribution in [2.75, 3.05) is 6.26 Å². The van der Waals surface area contributed by atoms with Gasteiger partial charge in [0, 0.05) is 27.7 Å². The zero-order valence-corrected chi connectivity index (χ0v) is 20.6. The molecule has 0 amide bonds. The molecule has 5 heteroatoms. The van der Waals surface area contributed by atoms with Crippen molar-refractivity contribution in [1.29, 1.82) is 0 Å². The van der Waals surface area contributed by atoms with Crippen LogP contribution in [-0.2, 0) is 24.4 Å². The number of aromatic nitrogens is 1. The topological polar surface area (TPSA) is 51.5 Å². The number of thioether (sulfide) groups is 1. The molecule has 0 radical (unpaired) electrons. The molecule has 1 N–H and O–H groups in total. The fourth-order valence-corrected chi connectivity index (χ4v) is 5.63. The third-order valence-electron chi connectivity index (χ3n) is 6.30. The number of fused-ring (bicyclic) bond motifs is 3. The van der Waals surface area contributed by atoms with Crippen LogP contribution in [-0.4, -0.2) is 21.9 Å². The highest BCUT2D eigenvalue weighted by Crippen LogP contribution is 2.40. The second-order valence-corrected chi connectivity index (χ2v) is 9.52. The molecule has 1 aromatic heterocycles. The molecule has 0 aliphatic carbocycles. The van der Waals surface area contributed by atoms with Gasteiger partial charge in [0.15, 0.2) is 0 Å². The lowest BCUT2D eigenvalue weighted by Crippen LogP contribution is -2.05. The van der Waals surface area contributed by atoms with Crippen molar-refractivity contribution in [2.45, 2.75) is 31.4 Å². The predicted octanol–water partition coefficient (Wildman–Crippen LogP) is 7.08. The molecular formula is C30H27NO3S. The van der Waals surface area contributed by atoms with Crippen molar-refractivity contribution < 1.29 is 14.6 Å². The van der Waals surface area contributed by atoms with Crippen LogP contribution in [0.2, 0.25) is 0 Å². The molecule has 5 aromatic rings. The van der Waals surface area contributed by atoms with Gasteiger partial charge in [-0.15, -0.1) is 11.8 Å². The second-order valence-electron chi connectivity index (χ2n) is 8.70. The molecule has 4 aromatic carbocycles. The van der Waals surface area contributed by atoms with Crippen molar-refractivity contribution in [3.05, 3.63) is 107 Å². The van der Waals surface area contributed by atoms with Gasteiger partial charge in [-0.25, -0.2) is 0 Å². The van der Waals surface area contributed by atoms with Crippen LogP contribution in [0.15, 0.2) is 89.8 Å². The molecule has 0 atom stereocenters. The molecule has 0 fully saturated rings. The number of benzene rings is 4. The molecule has 35 heavy (non-hydrogen) atoms. The quantitative estimate of drug-likeness (QED) is 0.241. The van der Waals surface area contributed by atoms with E-state index in [9.17, 15) is 9.90 Å². The highest BCUT2D eigenvalue weighted by molar-refractivity contribution is 7.98. The van der Waals surface area contributed by atoms with Gasteiger partial charge in [0.05, 0.1) is 11.9 Å². The highest BCUT2D eigenvalue weighted by Gasteiger charge is 2.20. The monoisotopic (exact) mass is 481 g/mol. The maximum absolute atomic E-state index is 11.6. The van der Waals surface area contributed by atoms with Crippen molar-refractivity contribution >= 4 is 39.5 Å². The third-order valence-corrected chi connectivity index (χ3v) is 7.16. The Morgan fingerprint density at radius 3 is 2.46 bits per heavy atom. The molecule has 0 unspecified atom stereocenters. The number of hydrogen-bond acceptors (Lipinski definition) is 3. The van der Waals surface area contributed by atoms with E-state index in [2.05, 4.69) is 60.0 Å². The molecule has 4 nitrogen and oxygen atoms in total. The van der Waals surface area contributed by atoms with Gasteiger partial charge in [0.1, 0.15) is 12.4 Å². The number of carbonyl (C=O) groups is 1. The van der Waals surface area contributed by atoms with Gasteiger partial charge in [-0.1, -0.05) is 66.7 Å². The van der Waals surface area contributed by atoms with E-state index in [0.29, 0.717) is 13.2 Å². The SMILES string of the molecule is CSc1c(CC(=O)O)cc(C)c2c3ccccc3n(Cc3cccc(OCc4ccccc4)c3)c12. The summed E-state index contributed by atoms with van der Waals surface area (Å²) in [4.78, 5) is 12.6. The summed E-state index contributed by atoms with van der Waals surface area (Å²) < 4.78 is 8.40. The highest BCUT2D eigenvalue weighted by atomic mass is 32.2. The minimum absolute atomic E-state index is 0.0112. The van der Waals surface area contributed by atoms with Gasteiger partial charge in [-0.05, 0) is 53.6 Å². The average Bonchev–Trinajstić information content (AvgIpc) is 3.18. The average molecular weight is 482 g/mol. The number of carboxylic acids is 1. The van der Waals surface area contributed by atoms with E-state index in [0.717, 1.165) is 43.9 Å². The Bertz CT molecular complexity index is 1520. The van der Waals surface area contributed by atoms with Crippen molar-refractivity contribution in [3.63, 3.8) is 0 Å². The van der Waals surface area contributed by atoms with Crippen LogP contribution in [0, 0.1) is 6.92 Å². The van der Waals surface area contributed by atoms with E-state index in [-0.39, 0.29) is 6.42 Å². The number of para-hydroxylation sites is 1. The fraction of sp³-hybridized carbons (Fsp3) is 0.167. The molecule has 0 saturated carbocycles. The van der Waals surface area contributed by atoms with Crippen molar-refractivity contribution in [1.82, 2.24) is 4.57 Å². The lowest BCUT2D eigenvalue weighted by atomic mass is 10.0. The van der Waals surface area contributed by atoms with Gasteiger partial charge in [-0.3, -0.25) is 4.79 Å². The van der Waals surface area contributed by atoms with E-state index < -0.39 is 5.97 Å². The maximum Gasteiger partial charge on any atom is 0.307 e. The van der Waals surface area contributed by atoms with Gasteiger partial charge >= 0.3 is 5.97 Å². The maximum atomic E-state index is 11.6. The van der Waals surface area contributed by atoms with Crippen LogP contribution in [0.3, 0.4) is 0 Å². The van der Waals surface area contributed by atoms with E-state index >= 15 is 0 Å². The zero-order valence-electron chi connectivity index (χ0n) is 19.8. The zero-order chi connectivity index (χ0) is 24.4. The molecule has 0 saturated heterocycles. The number of nitrogens with zero attached hydrogens (tertiary/aromatic N) is 1. The van der Waals surface area contributed by atoms with E-state index in [1.54, 1.807) is 11.8 Å². The van der Waals surface area contributed by atoms with Gasteiger partial charge in [0.2, 0.25) is 0 Å². The number of hydrogen-bond donors (Lipinski definition) is 1. The van der Waals surface area contributed by atoms with E-state index in [4.69, 9.17) is 4.74 Å². The van der Waals surface area contributed by atoms with Gasteiger partial charge in [-0.2, -0.15) is 0 Å². The smallest absolute Gasteiger partial charge is 0.307 e. The summed E-state index contributed by atoms with van der Waals surface area (Å²) in [6.07, 6.45) is 2.03. The van der Waals surface area contributed by atoms with Crippen LogP contribution in [0.25, 0.3) is 21.8 Å². The van der Waals surface area contributed by atoms with Crippen LogP contribution < -0.4 is 4.74 Å². The normalized spacial score (nSPS) is 11.3. The number of aliphatic carboxylic acids is 1. The summed E-state index contributed by atoms with van der Waals surface area (Å²) in [5, 5.41) is 11.9.